The fourth-order valence-corrected chi connectivity index (χ4v) is 3.32. The van der Waals surface area contributed by atoms with E-state index in [9.17, 15) is 9.59 Å². The molecule has 3 heterocycles. The quantitative estimate of drug-likeness (QED) is 0.809. The normalized spacial score (nSPS) is 19.5. The van der Waals surface area contributed by atoms with E-state index in [0.717, 1.165) is 13.1 Å². The number of carbonyl (C=O) groups excluding carboxylic acids is 2. The van der Waals surface area contributed by atoms with Crippen molar-refractivity contribution >= 4 is 28.8 Å². The number of anilines is 1. The smallest absolute Gasteiger partial charge is 0.298 e. The minimum atomic E-state index is -0.122. The summed E-state index contributed by atoms with van der Waals surface area (Å²) in [6.45, 7) is 5.30. The lowest BCUT2D eigenvalue weighted by Crippen LogP contribution is -2.49. The highest BCUT2D eigenvalue weighted by Crippen LogP contribution is 2.27. The SMILES string of the molecule is CC(=O)SC1CN(c2nc(C(=O)N3CCOCC3)co2)C1. The lowest BCUT2D eigenvalue weighted by atomic mass is 10.2. The molecule has 21 heavy (non-hydrogen) atoms. The van der Waals surface area contributed by atoms with Crippen LogP contribution >= 0.6 is 11.8 Å². The van der Waals surface area contributed by atoms with Gasteiger partial charge in [0, 0.05) is 38.4 Å². The number of aromatic nitrogens is 1. The van der Waals surface area contributed by atoms with Gasteiger partial charge in [-0.05, 0) is 0 Å². The fraction of sp³-hybridized carbons (Fsp3) is 0.615. The van der Waals surface area contributed by atoms with Crippen LogP contribution in [0.15, 0.2) is 10.7 Å². The first-order valence-corrected chi connectivity index (χ1v) is 7.76. The van der Waals surface area contributed by atoms with E-state index in [2.05, 4.69) is 4.98 Å². The van der Waals surface area contributed by atoms with Gasteiger partial charge in [-0.25, -0.2) is 0 Å². The number of oxazole rings is 1. The fourth-order valence-electron chi connectivity index (χ4n) is 2.34. The molecule has 0 aliphatic carbocycles. The molecule has 3 rings (SSSR count). The van der Waals surface area contributed by atoms with Crippen molar-refractivity contribution in [1.29, 1.82) is 0 Å². The standard InChI is InChI=1S/C13H17N3O4S/c1-9(17)21-10-6-16(7-10)13-14-11(8-20-13)12(18)15-2-4-19-5-3-15/h8,10H,2-7H2,1H3. The van der Waals surface area contributed by atoms with Gasteiger partial charge in [-0.1, -0.05) is 11.8 Å². The van der Waals surface area contributed by atoms with Crippen molar-refractivity contribution in [2.45, 2.75) is 12.2 Å². The lowest BCUT2D eigenvalue weighted by molar-refractivity contribution is -0.109. The zero-order valence-electron chi connectivity index (χ0n) is 11.8. The maximum absolute atomic E-state index is 12.2. The van der Waals surface area contributed by atoms with Crippen molar-refractivity contribution in [3.63, 3.8) is 0 Å². The van der Waals surface area contributed by atoms with Crippen LogP contribution in [0.1, 0.15) is 17.4 Å². The largest absolute Gasteiger partial charge is 0.431 e. The molecule has 1 aromatic rings. The maximum atomic E-state index is 12.2. The molecule has 0 spiro atoms. The van der Waals surface area contributed by atoms with Gasteiger partial charge in [-0.3, -0.25) is 9.59 Å². The Morgan fingerprint density at radius 1 is 1.33 bits per heavy atom. The molecule has 0 unspecified atom stereocenters. The molecule has 0 N–H and O–H groups in total. The number of hydrogen-bond acceptors (Lipinski definition) is 7. The predicted octanol–water partition coefficient (Wildman–Crippen LogP) is 0.615. The molecule has 0 radical (unpaired) electrons. The summed E-state index contributed by atoms with van der Waals surface area (Å²) in [6, 6.07) is 0.451. The Kier molecular flexibility index (Phi) is 4.16. The number of rotatable bonds is 3. The first kappa shape index (κ1) is 14.4. The summed E-state index contributed by atoms with van der Waals surface area (Å²) >= 11 is 1.34. The summed E-state index contributed by atoms with van der Waals surface area (Å²) in [5.41, 5.74) is 0.328. The Labute approximate surface area is 126 Å². The van der Waals surface area contributed by atoms with Crippen molar-refractivity contribution in [3.05, 3.63) is 12.0 Å². The van der Waals surface area contributed by atoms with Gasteiger partial charge in [-0.2, -0.15) is 4.98 Å². The Morgan fingerprint density at radius 2 is 2.05 bits per heavy atom. The van der Waals surface area contributed by atoms with Gasteiger partial charge in [-0.15, -0.1) is 0 Å². The summed E-state index contributed by atoms with van der Waals surface area (Å²) in [5, 5.41) is 0.406. The van der Waals surface area contributed by atoms with Gasteiger partial charge < -0.3 is 19.0 Å². The summed E-state index contributed by atoms with van der Waals surface area (Å²) in [7, 11) is 0. The Balaban J connectivity index is 1.57. The summed E-state index contributed by atoms with van der Waals surface area (Å²) in [4.78, 5) is 31.1. The van der Waals surface area contributed by atoms with Gasteiger partial charge >= 0.3 is 0 Å². The van der Waals surface area contributed by atoms with Gasteiger partial charge in [0.05, 0.1) is 13.2 Å². The molecule has 0 atom stereocenters. The lowest BCUT2D eigenvalue weighted by Gasteiger charge is -2.36. The first-order chi connectivity index (χ1) is 10.1. The highest BCUT2D eigenvalue weighted by atomic mass is 32.2. The van der Waals surface area contributed by atoms with E-state index in [4.69, 9.17) is 9.15 Å². The van der Waals surface area contributed by atoms with Gasteiger partial charge in [0.15, 0.2) is 10.8 Å². The summed E-state index contributed by atoms with van der Waals surface area (Å²) in [6.07, 6.45) is 1.40. The van der Waals surface area contributed by atoms with Crippen molar-refractivity contribution in [2.75, 3.05) is 44.3 Å². The van der Waals surface area contributed by atoms with E-state index < -0.39 is 0 Å². The van der Waals surface area contributed by atoms with Gasteiger partial charge in [0.1, 0.15) is 6.26 Å². The zero-order chi connectivity index (χ0) is 14.8. The highest BCUT2D eigenvalue weighted by Gasteiger charge is 2.32. The maximum Gasteiger partial charge on any atom is 0.298 e. The Hall–Kier alpha value is -1.54. The van der Waals surface area contributed by atoms with Crippen molar-refractivity contribution < 1.29 is 18.7 Å². The number of morpholine rings is 1. The van der Waals surface area contributed by atoms with E-state index in [1.165, 1.54) is 18.0 Å². The molecule has 1 aromatic heterocycles. The molecule has 0 aromatic carbocycles. The van der Waals surface area contributed by atoms with Crippen LogP contribution in [0.5, 0.6) is 0 Å². The number of nitrogens with zero attached hydrogens (tertiary/aromatic N) is 3. The molecule has 114 valence electrons. The van der Waals surface area contributed by atoms with Crippen LogP contribution in [0, 0.1) is 0 Å². The molecule has 8 heteroatoms. The topological polar surface area (TPSA) is 75.9 Å². The molecule has 2 aliphatic rings. The third-order valence-electron chi connectivity index (χ3n) is 3.46. The van der Waals surface area contributed by atoms with E-state index in [1.807, 2.05) is 4.90 Å². The minimum Gasteiger partial charge on any atom is -0.431 e. The number of ether oxygens (including phenoxy) is 1. The Bertz CT molecular complexity index is 535. The second kappa shape index (κ2) is 6.07. The number of carbonyl (C=O) groups is 2. The van der Waals surface area contributed by atoms with Crippen LogP contribution in [-0.4, -0.2) is 65.5 Å². The van der Waals surface area contributed by atoms with Gasteiger partial charge in [0.2, 0.25) is 0 Å². The molecule has 0 saturated carbocycles. The minimum absolute atomic E-state index is 0.121. The molecule has 2 aliphatic heterocycles. The second-order valence-corrected chi connectivity index (χ2v) is 6.53. The van der Waals surface area contributed by atoms with Crippen LogP contribution in [0.3, 0.4) is 0 Å². The van der Waals surface area contributed by atoms with E-state index in [0.29, 0.717) is 38.0 Å². The van der Waals surface area contributed by atoms with Crippen LogP contribution in [0.25, 0.3) is 0 Å². The van der Waals surface area contributed by atoms with E-state index in [-0.39, 0.29) is 16.3 Å². The second-order valence-electron chi connectivity index (χ2n) is 5.06. The third kappa shape index (κ3) is 3.21. The van der Waals surface area contributed by atoms with Gasteiger partial charge in [0.25, 0.3) is 11.9 Å². The molecule has 2 saturated heterocycles. The molecular weight excluding hydrogens is 294 g/mol. The summed E-state index contributed by atoms with van der Waals surface area (Å²) < 4.78 is 10.6. The van der Waals surface area contributed by atoms with Crippen molar-refractivity contribution in [1.82, 2.24) is 9.88 Å². The van der Waals surface area contributed by atoms with E-state index in [1.54, 1.807) is 11.8 Å². The molecule has 1 amide bonds. The average Bonchev–Trinajstić information content (AvgIpc) is 2.91. The molecular formula is C13H17N3O4S. The van der Waals surface area contributed by atoms with Crippen molar-refractivity contribution in [2.24, 2.45) is 0 Å². The van der Waals surface area contributed by atoms with Crippen LogP contribution in [0.2, 0.25) is 0 Å². The zero-order valence-corrected chi connectivity index (χ0v) is 12.6. The van der Waals surface area contributed by atoms with E-state index >= 15 is 0 Å². The Morgan fingerprint density at radius 3 is 2.71 bits per heavy atom. The number of amides is 1. The molecule has 7 nitrogen and oxygen atoms in total. The van der Waals surface area contributed by atoms with Crippen molar-refractivity contribution in [3.8, 4) is 0 Å². The average molecular weight is 311 g/mol. The van der Waals surface area contributed by atoms with Crippen LogP contribution in [0.4, 0.5) is 6.01 Å². The number of hydrogen-bond donors (Lipinski definition) is 0. The number of thioether (sulfide) groups is 1. The summed E-state index contributed by atoms with van der Waals surface area (Å²) in [5.74, 6) is -0.122. The first-order valence-electron chi connectivity index (χ1n) is 6.88. The monoisotopic (exact) mass is 311 g/mol. The molecule has 2 fully saturated rings. The highest BCUT2D eigenvalue weighted by molar-refractivity contribution is 8.14. The molecule has 0 bridgehead atoms. The van der Waals surface area contributed by atoms with Crippen LogP contribution < -0.4 is 4.90 Å². The predicted molar refractivity (Wildman–Crippen MR) is 77.5 cm³/mol. The third-order valence-corrected chi connectivity index (χ3v) is 4.42. The van der Waals surface area contributed by atoms with Crippen LogP contribution in [-0.2, 0) is 9.53 Å².